The maximum absolute atomic E-state index is 12.0. The van der Waals surface area contributed by atoms with Gasteiger partial charge in [0.25, 0.3) is 0 Å². The molecule has 1 unspecified atom stereocenters. The van der Waals surface area contributed by atoms with Crippen molar-refractivity contribution in [2.75, 3.05) is 20.2 Å². The smallest absolute Gasteiger partial charge is 0.240 e. The topological polar surface area (TPSA) is 113 Å². The van der Waals surface area contributed by atoms with Gasteiger partial charge in [-0.3, -0.25) is 0 Å². The van der Waals surface area contributed by atoms with E-state index in [1.807, 2.05) is 6.92 Å². The van der Waals surface area contributed by atoms with Crippen LogP contribution in [0.1, 0.15) is 13.3 Å². The molecular weight excluding hydrogens is 316 g/mol. The van der Waals surface area contributed by atoms with E-state index < -0.39 is 20.0 Å². The molecule has 120 valence electrons. The first-order chi connectivity index (χ1) is 9.73. The average molecular weight is 336 g/mol. The summed E-state index contributed by atoms with van der Waals surface area (Å²) in [6.45, 7) is 2.03. The van der Waals surface area contributed by atoms with Gasteiger partial charge in [0.15, 0.2) is 0 Å². The predicted octanol–water partition coefficient (Wildman–Crippen LogP) is -0.108. The molecule has 0 radical (unpaired) electrons. The van der Waals surface area contributed by atoms with E-state index in [9.17, 15) is 16.8 Å². The average Bonchev–Trinajstić information content (AvgIpc) is 2.46. The summed E-state index contributed by atoms with van der Waals surface area (Å²) in [5.74, 6) is 0.00807. The summed E-state index contributed by atoms with van der Waals surface area (Å²) >= 11 is 0. The second-order valence-electron chi connectivity index (χ2n) is 4.65. The van der Waals surface area contributed by atoms with Gasteiger partial charge in [-0.15, -0.1) is 0 Å². The third-order valence-corrected chi connectivity index (χ3v) is 5.83. The Labute approximate surface area is 125 Å². The minimum atomic E-state index is -3.69. The second kappa shape index (κ2) is 7.32. The van der Waals surface area contributed by atoms with E-state index in [4.69, 9.17) is 5.11 Å². The maximum atomic E-state index is 12.0. The van der Waals surface area contributed by atoms with Crippen molar-refractivity contribution in [3.8, 4) is 0 Å². The molecule has 21 heavy (non-hydrogen) atoms. The van der Waals surface area contributed by atoms with E-state index >= 15 is 0 Å². The summed E-state index contributed by atoms with van der Waals surface area (Å²) < 4.78 is 51.7. The quantitative estimate of drug-likeness (QED) is 0.613. The molecule has 1 aromatic carbocycles. The van der Waals surface area contributed by atoms with Crippen LogP contribution in [0.3, 0.4) is 0 Å². The monoisotopic (exact) mass is 336 g/mol. The highest BCUT2D eigenvalue weighted by Crippen LogP contribution is 2.14. The van der Waals surface area contributed by atoms with E-state index in [2.05, 4.69) is 9.44 Å². The standard InChI is InChI=1S/C12H20N2O5S2/c1-10(7-8-15)9-14-21(18,19)12-5-3-11(4-6-12)20(16,17)13-2/h3-6,10,13-15H,7-9H2,1-2H3. The maximum Gasteiger partial charge on any atom is 0.240 e. The molecule has 1 atom stereocenters. The molecular formula is C12H20N2O5S2. The molecule has 9 heteroatoms. The van der Waals surface area contributed by atoms with Crippen molar-refractivity contribution < 1.29 is 21.9 Å². The van der Waals surface area contributed by atoms with Crippen LogP contribution < -0.4 is 9.44 Å². The van der Waals surface area contributed by atoms with Crippen LogP contribution in [0.25, 0.3) is 0 Å². The number of hydrogen-bond donors (Lipinski definition) is 3. The van der Waals surface area contributed by atoms with Crippen molar-refractivity contribution in [1.29, 1.82) is 0 Å². The number of sulfonamides is 2. The van der Waals surface area contributed by atoms with E-state index in [1.54, 1.807) is 0 Å². The van der Waals surface area contributed by atoms with Gasteiger partial charge in [-0.05, 0) is 43.7 Å². The highest BCUT2D eigenvalue weighted by Gasteiger charge is 2.17. The van der Waals surface area contributed by atoms with Crippen LogP contribution in [0.15, 0.2) is 34.1 Å². The van der Waals surface area contributed by atoms with Gasteiger partial charge in [0, 0.05) is 13.2 Å². The summed E-state index contributed by atoms with van der Waals surface area (Å²) in [4.78, 5) is -0.00801. The first-order valence-corrected chi connectivity index (χ1v) is 9.33. The third-order valence-electron chi connectivity index (χ3n) is 2.96. The Hall–Kier alpha value is -1.00. The molecule has 0 fully saturated rings. The molecule has 0 aliphatic rings. The normalized spacial score (nSPS) is 14.0. The van der Waals surface area contributed by atoms with Gasteiger partial charge in [0.05, 0.1) is 9.79 Å². The highest BCUT2D eigenvalue weighted by atomic mass is 32.2. The van der Waals surface area contributed by atoms with Gasteiger partial charge in [-0.25, -0.2) is 26.3 Å². The molecule has 0 saturated heterocycles. The minimum Gasteiger partial charge on any atom is -0.396 e. The summed E-state index contributed by atoms with van der Waals surface area (Å²) in [5.41, 5.74) is 0. The number of aliphatic hydroxyl groups is 1. The Balaban J connectivity index is 2.86. The molecule has 0 aromatic heterocycles. The van der Waals surface area contributed by atoms with Gasteiger partial charge in [0.1, 0.15) is 0 Å². The Morgan fingerprint density at radius 2 is 1.52 bits per heavy atom. The van der Waals surface area contributed by atoms with Crippen molar-refractivity contribution in [2.45, 2.75) is 23.1 Å². The predicted molar refractivity (Wildman–Crippen MR) is 78.7 cm³/mol. The molecule has 1 rings (SSSR count). The molecule has 0 heterocycles. The fraction of sp³-hybridized carbons (Fsp3) is 0.500. The van der Waals surface area contributed by atoms with Crippen LogP contribution >= 0.6 is 0 Å². The van der Waals surface area contributed by atoms with E-state index in [0.29, 0.717) is 6.42 Å². The SMILES string of the molecule is CNS(=O)(=O)c1ccc(S(=O)(=O)NCC(C)CCO)cc1. The minimum absolute atomic E-state index is 0.000527. The summed E-state index contributed by atoms with van der Waals surface area (Å²) in [5, 5.41) is 8.77. The summed E-state index contributed by atoms with van der Waals surface area (Å²) in [6.07, 6.45) is 0.502. The highest BCUT2D eigenvalue weighted by molar-refractivity contribution is 7.90. The van der Waals surface area contributed by atoms with Crippen molar-refractivity contribution in [3.05, 3.63) is 24.3 Å². The van der Waals surface area contributed by atoms with Gasteiger partial charge in [-0.2, -0.15) is 0 Å². The Morgan fingerprint density at radius 3 is 1.95 bits per heavy atom. The molecule has 3 N–H and O–H groups in total. The van der Waals surface area contributed by atoms with Crippen molar-refractivity contribution in [3.63, 3.8) is 0 Å². The summed E-state index contributed by atoms with van der Waals surface area (Å²) in [6, 6.07) is 4.95. The van der Waals surface area contributed by atoms with Gasteiger partial charge < -0.3 is 5.11 Å². The molecule has 0 bridgehead atoms. The lowest BCUT2D eigenvalue weighted by atomic mass is 10.1. The number of nitrogens with one attached hydrogen (secondary N) is 2. The van der Waals surface area contributed by atoms with Gasteiger partial charge >= 0.3 is 0 Å². The van der Waals surface area contributed by atoms with Gasteiger partial charge in [0.2, 0.25) is 20.0 Å². The third kappa shape index (κ3) is 5.04. The van der Waals surface area contributed by atoms with E-state index in [-0.39, 0.29) is 28.9 Å². The lowest BCUT2D eigenvalue weighted by Crippen LogP contribution is -2.29. The summed E-state index contributed by atoms with van der Waals surface area (Å²) in [7, 11) is -5.99. The fourth-order valence-electron chi connectivity index (χ4n) is 1.57. The van der Waals surface area contributed by atoms with Crippen LogP contribution in [0.5, 0.6) is 0 Å². The van der Waals surface area contributed by atoms with Crippen molar-refractivity contribution >= 4 is 20.0 Å². The lowest BCUT2D eigenvalue weighted by molar-refractivity contribution is 0.263. The number of hydrogen-bond acceptors (Lipinski definition) is 5. The molecule has 0 aliphatic carbocycles. The van der Waals surface area contributed by atoms with Crippen molar-refractivity contribution in [2.24, 2.45) is 5.92 Å². The molecule has 0 aliphatic heterocycles. The number of benzene rings is 1. The van der Waals surface area contributed by atoms with E-state index in [0.717, 1.165) is 0 Å². The van der Waals surface area contributed by atoms with Crippen molar-refractivity contribution in [1.82, 2.24) is 9.44 Å². The van der Waals surface area contributed by atoms with Crippen LogP contribution in [-0.2, 0) is 20.0 Å². The Kier molecular flexibility index (Phi) is 6.29. The lowest BCUT2D eigenvalue weighted by Gasteiger charge is -2.12. The zero-order valence-corrected chi connectivity index (χ0v) is 13.5. The molecule has 1 aromatic rings. The first kappa shape index (κ1) is 18.1. The zero-order valence-electron chi connectivity index (χ0n) is 11.9. The number of aliphatic hydroxyl groups excluding tert-OH is 1. The van der Waals surface area contributed by atoms with Crippen LogP contribution in [0.4, 0.5) is 0 Å². The molecule has 0 spiro atoms. The molecule has 0 saturated carbocycles. The largest absolute Gasteiger partial charge is 0.396 e. The first-order valence-electron chi connectivity index (χ1n) is 6.37. The van der Waals surface area contributed by atoms with Crippen LogP contribution in [0, 0.1) is 5.92 Å². The van der Waals surface area contributed by atoms with Crippen LogP contribution in [-0.4, -0.2) is 42.1 Å². The number of rotatable bonds is 8. The molecule has 0 amide bonds. The second-order valence-corrected chi connectivity index (χ2v) is 8.30. The fourth-order valence-corrected chi connectivity index (χ4v) is 3.47. The van der Waals surface area contributed by atoms with Crippen LogP contribution in [0.2, 0.25) is 0 Å². The zero-order chi connectivity index (χ0) is 16.1. The Morgan fingerprint density at radius 1 is 1.05 bits per heavy atom. The molecule has 7 nitrogen and oxygen atoms in total. The van der Waals surface area contributed by atoms with Gasteiger partial charge in [-0.1, -0.05) is 6.92 Å². The Bertz CT molecular complexity index is 653. The van der Waals surface area contributed by atoms with E-state index in [1.165, 1.54) is 31.3 Å².